The fraction of sp³-hybridized carbons (Fsp3) is 0.714. The van der Waals surface area contributed by atoms with Gasteiger partial charge >= 0.3 is 0 Å². The maximum atomic E-state index is 12.2. The molecule has 1 aliphatic heterocycles. The number of hydrogen-bond acceptors (Lipinski definition) is 4. The van der Waals surface area contributed by atoms with Crippen LogP contribution in [0.3, 0.4) is 0 Å². The van der Waals surface area contributed by atoms with Gasteiger partial charge in [0.15, 0.2) is 5.78 Å². The molecule has 0 aromatic carbocycles. The van der Waals surface area contributed by atoms with Gasteiger partial charge in [0.2, 0.25) is 0 Å². The molecule has 1 aromatic rings. The van der Waals surface area contributed by atoms with Crippen LogP contribution in [-0.2, 0) is 18.2 Å². The van der Waals surface area contributed by atoms with E-state index in [9.17, 15) is 4.79 Å². The zero-order chi connectivity index (χ0) is 14.5. The predicted molar refractivity (Wildman–Crippen MR) is 81.1 cm³/mol. The molecule has 1 aromatic heterocycles. The lowest BCUT2D eigenvalue weighted by atomic mass is 10.1. The average molecular weight is 344 g/mol. The Morgan fingerprint density at radius 2 is 2.10 bits per heavy atom. The molecule has 112 valence electrons. The molecule has 0 radical (unpaired) electrons. The SMILES string of the molecule is CCc1c(Br)c(C(=O)CCCN2CCOCC2)nn1C. The molecule has 2 rings (SSSR count). The molecule has 0 saturated carbocycles. The number of carbonyl (C=O) groups excluding carboxylic acids is 1. The van der Waals surface area contributed by atoms with Crippen LogP contribution >= 0.6 is 15.9 Å². The van der Waals surface area contributed by atoms with Crippen molar-refractivity contribution in [1.82, 2.24) is 14.7 Å². The van der Waals surface area contributed by atoms with Crippen molar-refractivity contribution >= 4 is 21.7 Å². The first-order valence-corrected chi connectivity index (χ1v) is 7.97. The first kappa shape index (κ1) is 15.7. The largest absolute Gasteiger partial charge is 0.379 e. The Hall–Kier alpha value is -0.720. The third-order valence-electron chi connectivity index (χ3n) is 3.68. The van der Waals surface area contributed by atoms with Gasteiger partial charge in [-0.2, -0.15) is 5.10 Å². The molecule has 0 spiro atoms. The van der Waals surface area contributed by atoms with Crippen LogP contribution in [-0.4, -0.2) is 53.3 Å². The Balaban J connectivity index is 1.85. The van der Waals surface area contributed by atoms with Crippen LogP contribution in [0.2, 0.25) is 0 Å². The third-order valence-corrected chi connectivity index (χ3v) is 4.52. The minimum atomic E-state index is 0.125. The van der Waals surface area contributed by atoms with E-state index in [2.05, 4.69) is 32.9 Å². The lowest BCUT2D eigenvalue weighted by Crippen LogP contribution is -2.36. The molecule has 1 saturated heterocycles. The summed E-state index contributed by atoms with van der Waals surface area (Å²) in [5.41, 5.74) is 1.65. The number of aromatic nitrogens is 2. The van der Waals surface area contributed by atoms with Gasteiger partial charge in [-0.3, -0.25) is 14.4 Å². The Morgan fingerprint density at radius 3 is 2.70 bits per heavy atom. The van der Waals surface area contributed by atoms with E-state index in [1.54, 1.807) is 4.68 Å². The highest BCUT2D eigenvalue weighted by molar-refractivity contribution is 9.10. The van der Waals surface area contributed by atoms with Crippen molar-refractivity contribution in [3.63, 3.8) is 0 Å². The lowest BCUT2D eigenvalue weighted by molar-refractivity contribution is 0.0371. The summed E-state index contributed by atoms with van der Waals surface area (Å²) in [5, 5.41) is 4.33. The van der Waals surface area contributed by atoms with Gasteiger partial charge in [-0.1, -0.05) is 6.92 Å². The summed E-state index contributed by atoms with van der Waals surface area (Å²) in [7, 11) is 1.88. The normalized spacial score (nSPS) is 16.6. The minimum Gasteiger partial charge on any atom is -0.379 e. The van der Waals surface area contributed by atoms with Crippen LogP contribution in [0.5, 0.6) is 0 Å². The zero-order valence-electron chi connectivity index (χ0n) is 12.2. The molecule has 0 N–H and O–H groups in total. The Labute approximate surface area is 128 Å². The second-order valence-corrected chi connectivity index (χ2v) is 5.86. The van der Waals surface area contributed by atoms with Crippen molar-refractivity contribution in [2.24, 2.45) is 7.05 Å². The maximum absolute atomic E-state index is 12.2. The molecule has 1 fully saturated rings. The monoisotopic (exact) mass is 343 g/mol. The summed E-state index contributed by atoms with van der Waals surface area (Å²) in [6.45, 7) is 6.58. The summed E-state index contributed by atoms with van der Waals surface area (Å²) in [5.74, 6) is 0.125. The van der Waals surface area contributed by atoms with Crippen LogP contribution < -0.4 is 0 Å². The molecule has 1 aliphatic rings. The Kier molecular flexibility index (Phi) is 5.74. The number of nitrogens with zero attached hydrogens (tertiary/aromatic N) is 3. The summed E-state index contributed by atoms with van der Waals surface area (Å²) >= 11 is 3.50. The predicted octanol–water partition coefficient (Wildman–Crippen LogP) is 2.04. The second kappa shape index (κ2) is 7.33. The molecule has 0 aliphatic carbocycles. The summed E-state index contributed by atoms with van der Waals surface area (Å²) < 4.78 is 7.96. The van der Waals surface area contributed by atoms with Crippen molar-refractivity contribution in [3.05, 3.63) is 15.9 Å². The quantitative estimate of drug-likeness (QED) is 0.741. The van der Waals surface area contributed by atoms with Crippen molar-refractivity contribution in [1.29, 1.82) is 0 Å². The Morgan fingerprint density at radius 1 is 1.40 bits per heavy atom. The number of Topliss-reactive ketones (excluding diaryl/α,β-unsaturated/α-hetero) is 1. The topological polar surface area (TPSA) is 47.4 Å². The summed E-state index contributed by atoms with van der Waals surface area (Å²) in [6, 6.07) is 0. The molecule has 5 nitrogen and oxygen atoms in total. The van der Waals surface area contributed by atoms with E-state index in [0.29, 0.717) is 12.1 Å². The van der Waals surface area contributed by atoms with Crippen LogP contribution in [0.4, 0.5) is 0 Å². The third kappa shape index (κ3) is 3.68. The van der Waals surface area contributed by atoms with Gasteiger partial charge in [-0.25, -0.2) is 0 Å². The molecular formula is C14H22BrN3O2. The van der Waals surface area contributed by atoms with Gasteiger partial charge in [0.25, 0.3) is 0 Å². The van der Waals surface area contributed by atoms with Gasteiger partial charge in [0.1, 0.15) is 5.69 Å². The molecule has 0 amide bonds. The van der Waals surface area contributed by atoms with Crippen LogP contribution in [0.15, 0.2) is 4.47 Å². The van der Waals surface area contributed by atoms with Crippen LogP contribution in [0, 0.1) is 0 Å². The highest BCUT2D eigenvalue weighted by Gasteiger charge is 2.19. The average Bonchev–Trinajstić information content (AvgIpc) is 2.74. The van der Waals surface area contributed by atoms with E-state index < -0.39 is 0 Å². The summed E-state index contributed by atoms with van der Waals surface area (Å²) in [4.78, 5) is 14.6. The molecule has 20 heavy (non-hydrogen) atoms. The van der Waals surface area contributed by atoms with Gasteiger partial charge < -0.3 is 4.74 Å². The van der Waals surface area contributed by atoms with Gasteiger partial charge in [0.05, 0.1) is 23.4 Å². The van der Waals surface area contributed by atoms with E-state index >= 15 is 0 Å². The maximum Gasteiger partial charge on any atom is 0.184 e. The zero-order valence-corrected chi connectivity index (χ0v) is 13.8. The Bertz CT molecular complexity index is 467. The van der Waals surface area contributed by atoms with Crippen molar-refractivity contribution in [2.75, 3.05) is 32.8 Å². The smallest absolute Gasteiger partial charge is 0.184 e. The van der Waals surface area contributed by atoms with E-state index in [0.717, 1.165) is 55.9 Å². The van der Waals surface area contributed by atoms with Crippen LogP contribution in [0.25, 0.3) is 0 Å². The van der Waals surface area contributed by atoms with E-state index in [1.807, 2.05) is 7.05 Å². The van der Waals surface area contributed by atoms with E-state index in [4.69, 9.17) is 4.74 Å². The second-order valence-electron chi connectivity index (χ2n) is 5.07. The van der Waals surface area contributed by atoms with E-state index in [1.165, 1.54) is 0 Å². The number of carbonyl (C=O) groups is 1. The van der Waals surface area contributed by atoms with Gasteiger partial charge in [0, 0.05) is 26.6 Å². The molecule has 0 unspecified atom stereocenters. The van der Waals surface area contributed by atoms with Gasteiger partial charge in [-0.15, -0.1) is 0 Å². The molecule has 6 heteroatoms. The molecule has 0 bridgehead atoms. The number of halogens is 1. The summed E-state index contributed by atoms with van der Waals surface area (Å²) in [6.07, 6.45) is 2.30. The number of ether oxygens (including phenoxy) is 1. The first-order chi connectivity index (χ1) is 9.63. The molecule has 2 heterocycles. The van der Waals surface area contributed by atoms with Crippen molar-refractivity contribution < 1.29 is 9.53 Å². The standard InChI is InChI=1S/C14H22BrN3O2/c1-3-11-13(15)14(16-17(11)2)12(19)5-4-6-18-7-9-20-10-8-18/h3-10H2,1-2H3. The molecule has 0 atom stereocenters. The fourth-order valence-electron chi connectivity index (χ4n) is 2.50. The molecular weight excluding hydrogens is 322 g/mol. The number of hydrogen-bond donors (Lipinski definition) is 0. The van der Waals surface area contributed by atoms with Crippen molar-refractivity contribution in [2.45, 2.75) is 26.2 Å². The first-order valence-electron chi connectivity index (χ1n) is 7.18. The fourth-order valence-corrected chi connectivity index (χ4v) is 3.34. The lowest BCUT2D eigenvalue weighted by Gasteiger charge is -2.26. The van der Waals surface area contributed by atoms with Crippen molar-refractivity contribution in [3.8, 4) is 0 Å². The van der Waals surface area contributed by atoms with E-state index in [-0.39, 0.29) is 5.78 Å². The number of rotatable bonds is 6. The number of morpholine rings is 1. The number of aryl methyl sites for hydroxylation is 1. The highest BCUT2D eigenvalue weighted by atomic mass is 79.9. The van der Waals surface area contributed by atoms with Gasteiger partial charge in [-0.05, 0) is 35.3 Å². The number of ketones is 1. The van der Waals surface area contributed by atoms with Crippen LogP contribution in [0.1, 0.15) is 35.9 Å². The highest BCUT2D eigenvalue weighted by Crippen LogP contribution is 2.23. The minimum absolute atomic E-state index is 0.125.